The van der Waals surface area contributed by atoms with E-state index in [-0.39, 0.29) is 0 Å². The van der Waals surface area contributed by atoms with Crippen LogP contribution in [0.1, 0.15) is 11.1 Å². The lowest BCUT2D eigenvalue weighted by atomic mass is 10.1. The molecule has 116 valence electrons. The number of rotatable bonds is 7. The average molecular weight is 302 g/mol. The van der Waals surface area contributed by atoms with Crippen molar-refractivity contribution in [2.75, 3.05) is 6.54 Å². The molecule has 3 aromatic rings. The molecule has 0 fully saturated rings. The van der Waals surface area contributed by atoms with Crippen molar-refractivity contribution >= 4 is 0 Å². The smallest absolute Gasteiger partial charge is 0.0449 e. The first-order valence-electron chi connectivity index (χ1n) is 7.99. The van der Waals surface area contributed by atoms with Crippen molar-refractivity contribution in [3.05, 3.63) is 103 Å². The first-order chi connectivity index (χ1) is 11.3. The summed E-state index contributed by atoms with van der Waals surface area (Å²) in [6, 6.07) is 23.2. The van der Waals surface area contributed by atoms with Crippen LogP contribution in [-0.2, 0) is 12.8 Å². The summed E-state index contributed by atoms with van der Waals surface area (Å²) in [5.74, 6) is 0. The Morgan fingerprint density at radius 3 is 2.22 bits per heavy atom. The molecule has 0 aliphatic carbocycles. The maximum Gasteiger partial charge on any atom is 0.0449 e. The van der Waals surface area contributed by atoms with Crippen LogP contribution in [0.2, 0.25) is 0 Å². The number of hydrogen-bond donors (Lipinski definition) is 1. The second kappa shape index (κ2) is 7.50. The first kappa shape index (κ1) is 15.2. The molecule has 0 spiro atoms. The summed E-state index contributed by atoms with van der Waals surface area (Å²) >= 11 is 0. The lowest BCUT2D eigenvalue weighted by Crippen LogP contribution is -2.17. The highest BCUT2D eigenvalue weighted by Gasteiger charge is 1.99. The summed E-state index contributed by atoms with van der Waals surface area (Å²) in [5, 5.41) is 3.42. The first-order valence-corrected chi connectivity index (χ1v) is 7.99. The lowest BCUT2D eigenvalue weighted by molar-refractivity contribution is 0.768. The van der Waals surface area contributed by atoms with Crippen LogP contribution in [0.25, 0.3) is 5.69 Å². The van der Waals surface area contributed by atoms with E-state index in [1.165, 1.54) is 16.8 Å². The van der Waals surface area contributed by atoms with Gasteiger partial charge in [-0.15, -0.1) is 0 Å². The third-order valence-corrected chi connectivity index (χ3v) is 3.89. The lowest BCUT2D eigenvalue weighted by Gasteiger charge is -2.10. The molecule has 2 nitrogen and oxygen atoms in total. The monoisotopic (exact) mass is 302 g/mol. The Hall–Kier alpha value is -2.74. The maximum absolute atomic E-state index is 4.14. The minimum atomic E-state index is 0.862. The van der Waals surface area contributed by atoms with Gasteiger partial charge >= 0.3 is 0 Å². The summed E-state index contributed by atoms with van der Waals surface area (Å²) in [6.07, 6.45) is 5.99. The van der Waals surface area contributed by atoms with Gasteiger partial charge in [0.1, 0.15) is 0 Å². The minimum absolute atomic E-state index is 0.862. The van der Waals surface area contributed by atoms with E-state index in [2.05, 4.69) is 77.4 Å². The zero-order valence-corrected chi connectivity index (χ0v) is 13.3. The summed E-state index contributed by atoms with van der Waals surface area (Å²) < 4.78 is 2.11. The highest BCUT2D eigenvalue weighted by molar-refractivity contribution is 5.36. The molecule has 0 amide bonds. The van der Waals surface area contributed by atoms with E-state index in [0.29, 0.717) is 0 Å². The molecule has 1 heterocycles. The highest BCUT2D eigenvalue weighted by atomic mass is 14.9. The molecule has 0 unspecified atom stereocenters. The Bertz CT molecular complexity index is 725. The number of aromatic nitrogens is 1. The maximum atomic E-state index is 4.14. The quantitative estimate of drug-likeness (QED) is 0.686. The van der Waals surface area contributed by atoms with Gasteiger partial charge in [0.05, 0.1) is 0 Å². The van der Waals surface area contributed by atoms with Crippen molar-refractivity contribution in [1.29, 1.82) is 0 Å². The van der Waals surface area contributed by atoms with Gasteiger partial charge in [-0.3, -0.25) is 0 Å². The zero-order valence-electron chi connectivity index (χ0n) is 13.3. The number of nitrogens with one attached hydrogen (secondary N) is 1. The van der Waals surface area contributed by atoms with E-state index in [1.54, 1.807) is 0 Å². The molecule has 0 bridgehead atoms. The largest absolute Gasteiger partial charge is 0.388 e. The van der Waals surface area contributed by atoms with Crippen molar-refractivity contribution in [2.45, 2.75) is 12.8 Å². The molecule has 1 aromatic heterocycles. The standard InChI is InChI=1S/C21H22N2/c1-18(22-14-13-19-7-3-2-4-8-19)17-20-9-11-21(12-10-20)23-15-5-6-16-23/h2-12,15-16,22H,1,13-14,17H2. The van der Waals surface area contributed by atoms with Gasteiger partial charge in [-0.05, 0) is 41.8 Å². The molecule has 2 aromatic carbocycles. The Labute approximate surface area is 138 Å². The third kappa shape index (κ3) is 4.36. The number of hydrogen-bond acceptors (Lipinski definition) is 1. The van der Waals surface area contributed by atoms with E-state index in [1.807, 2.05) is 18.2 Å². The SMILES string of the molecule is C=C(Cc1ccc(-n2cccc2)cc1)NCCc1ccccc1. The summed E-state index contributed by atoms with van der Waals surface area (Å²) in [6.45, 7) is 5.06. The third-order valence-electron chi connectivity index (χ3n) is 3.89. The van der Waals surface area contributed by atoms with Gasteiger partial charge in [0.15, 0.2) is 0 Å². The van der Waals surface area contributed by atoms with Crippen molar-refractivity contribution in [1.82, 2.24) is 9.88 Å². The molecule has 0 aliphatic rings. The van der Waals surface area contributed by atoms with E-state index in [0.717, 1.165) is 25.1 Å². The Morgan fingerprint density at radius 1 is 0.826 bits per heavy atom. The summed E-state index contributed by atoms with van der Waals surface area (Å²) in [4.78, 5) is 0. The van der Waals surface area contributed by atoms with Crippen LogP contribution in [0.15, 0.2) is 91.4 Å². The highest BCUT2D eigenvalue weighted by Crippen LogP contribution is 2.12. The Kier molecular flexibility index (Phi) is 4.95. The number of allylic oxidation sites excluding steroid dienone is 1. The zero-order chi connectivity index (χ0) is 15.9. The Balaban J connectivity index is 1.48. The fourth-order valence-electron chi connectivity index (χ4n) is 2.63. The second-order valence-corrected chi connectivity index (χ2v) is 5.70. The van der Waals surface area contributed by atoms with Crippen molar-refractivity contribution in [2.24, 2.45) is 0 Å². The molecule has 0 radical (unpaired) electrons. The van der Waals surface area contributed by atoms with E-state index in [4.69, 9.17) is 0 Å². The van der Waals surface area contributed by atoms with Crippen LogP contribution in [0.3, 0.4) is 0 Å². The Morgan fingerprint density at radius 2 is 1.52 bits per heavy atom. The van der Waals surface area contributed by atoms with E-state index < -0.39 is 0 Å². The molecule has 0 saturated carbocycles. The molecular formula is C21H22N2. The number of benzene rings is 2. The minimum Gasteiger partial charge on any atom is -0.388 e. The van der Waals surface area contributed by atoms with Crippen LogP contribution in [0.5, 0.6) is 0 Å². The van der Waals surface area contributed by atoms with Gasteiger partial charge in [0.25, 0.3) is 0 Å². The van der Waals surface area contributed by atoms with Crippen molar-refractivity contribution in [3.8, 4) is 5.69 Å². The van der Waals surface area contributed by atoms with Gasteiger partial charge in [0, 0.05) is 36.7 Å². The van der Waals surface area contributed by atoms with Crippen LogP contribution in [-0.4, -0.2) is 11.1 Å². The van der Waals surface area contributed by atoms with Gasteiger partial charge in [-0.25, -0.2) is 0 Å². The van der Waals surface area contributed by atoms with Crippen LogP contribution in [0, 0.1) is 0 Å². The van der Waals surface area contributed by atoms with E-state index in [9.17, 15) is 0 Å². The number of nitrogens with zero attached hydrogens (tertiary/aromatic N) is 1. The molecule has 0 saturated heterocycles. The summed E-state index contributed by atoms with van der Waals surface area (Å²) in [5.41, 5.74) is 4.87. The van der Waals surface area contributed by atoms with Gasteiger partial charge in [-0.2, -0.15) is 0 Å². The van der Waals surface area contributed by atoms with Crippen LogP contribution < -0.4 is 5.32 Å². The predicted molar refractivity (Wildman–Crippen MR) is 96.8 cm³/mol. The van der Waals surface area contributed by atoms with Crippen LogP contribution >= 0.6 is 0 Å². The fourth-order valence-corrected chi connectivity index (χ4v) is 2.63. The molecule has 3 rings (SSSR count). The van der Waals surface area contributed by atoms with Crippen LogP contribution in [0.4, 0.5) is 0 Å². The van der Waals surface area contributed by atoms with Crippen molar-refractivity contribution < 1.29 is 0 Å². The second-order valence-electron chi connectivity index (χ2n) is 5.70. The van der Waals surface area contributed by atoms with Gasteiger partial charge in [0.2, 0.25) is 0 Å². The predicted octanol–water partition coefficient (Wildman–Crippen LogP) is 4.37. The van der Waals surface area contributed by atoms with Crippen molar-refractivity contribution in [3.63, 3.8) is 0 Å². The average Bonchev–Trinajstić information content (AvgIpc) is 3.11. The molecule has 23 heavy (non-hydrogen) atoms. The van der Waals surface area contributed by atoms with Gasteiger partial charge < -0.3 is 9.88 Å². The molecule has 0 aliphatic heterocycles. The molecule has 1 N–H and O–H groups in total. The summed E-state index contributed by atoms with van der Waals surface area (Å²) in [7, 11) is 0. The molecule has 2 heteroatoms. The molecule has 0 atom stereocenters. The van der Waals surface area contributed by atoms with E-state index >= 15 is 0 Å². The normalized spacial score (nSPS) is 10.4. The molecular weight excluding hydrogens is 280 g/mol. The van der Waals surface area contributed by atoms with Gasteiger partial charge in [-0.1, -0.05) is 49.0 Å². The topological polar surface area (TPSA) is 17.0 Å². The fraction of sp³-hybridized carbons (Fsp3) is 0.143.